The van der Waals surface area contributed by atoms with E-state index >= 15 is 0 Å². The van der Waals surface area contributed by atoms with Crippen LogP contribution in [-0.2, 0) is 6.61 Å². The first kappa shape index (κ1) is 25.5. The predicted octanol–water partition coefficient (Wildman–Crippen LogP) is 6.96. The van der Waals surface area contributed by atoms with Crippen LogP contribution in [0.4, 0.5) is 5.69 Å². The van der Waals surface area contributed by atoms with E-state index in [1.807, 2.05) is 54.6 Å². The first-order valence-electron chi connectivity index (χ1n) is 11.4. The van der Waals surface area contributed by atoms with Gasteiger partial charge >= 0.3 is 5.69 Å². The third-order valence-electron chi connectivity index (χ3n) is 5.69. The lowest BCUT2D eigenvalue weighted by Gasteiger charge is -2.10. The van der Waals surface area contributed by atoms with E-state index in [0.29, 0.717) is 27.9 Å². The minimum atomic E-state index is -0.511. The predicted molar refractivity (Wildman–Crippen MR) is 154 cm³/mol. The molecule has 1 heterocycles. The van der Waals surface area contributed by atoms with Gasteiger partial charge in [-0.05, 0) is 36.4 Å². The Balaban J connectivity index is 1.50. The first-order valence-corrected chi connectivity index (χ1v) is 13.0. The average molecular weight is 634 g/mol. The third kappa shape index (κ3) is 5.41. The molecule has 0 saturated carbocycles. The Labute approximate surface area is 233 Å². The number of nitro groups is 1. The minimum Gasteiger partial charge on any atom is -0.482 e. The molecule has 0 aliphatic heterocycles. The van der Waals surface area contributed by atoms with Gasteiger partial charge in [0.2, 0.25) is 0 Å². The maximum absolute atomic E-state index is 13.3. The summed E-state index contributed by atoms with van der Waals surface area (Å²) in [6, 6.07) is 26.4. The summed E-state index contributed by atoms with van der Waals surface area (Å²) < 4.78 is 8.70. The van der Waals surface area contributed by atoms with Crippen molar-refractivity contribution in [2.75, 3.05) is 0 Å². The highest BCUT2D eigenvalue weighted by Crippen LogP contribution is 2.30. The second-order valence-electron chi connectivity index (χ2n) is 8.19. The maximum atomic E-state index is 13.3. The number of rotatable bonds is 7. The molecule has 0 bridgehead atoms. The van der Waals surface area contributed by atoms with E-state index in [4.69, 9.17) is 4.74 Å². The van der Waals surface area contributed by atoms with E-state index in [0.717, 1.165) is 14.5 Å². The van der Waals surface area contributed by atoms with Gasteiger partial charge in [-0.2, -0.15) is 9.78 Å². The Hall–Kier alpha value is -4.15. The summed E-state index contributed by atoms with van der Waals surface area (Å²) in [5.74, 6) is 0.483. The van der Waals surface area contributed by atoms with Crippen molar-refractivity contribution in [1.82, 2.24) is 9.66 Å². The number of hydrogen-bond donors (Lipinski definition) is 0. The molecule has 38 heavy (non-hydrogen) atoms. The SMILES string of the molecule is O=c1c2ccccc2nc(-c2ccccc2)n1N=Cc1ccc(OCc2ccc(Br)cc2Br)c([N+](=O)[O-])c1. The van der Waals surface area contributed by atoms with Crippen LogP contribution in [0.2, 0.25) is 0 Å². The fourth-order valence-electron chi connectivity index (χ4n) is 3.80. The van der Waals surface area contributed by atoms with Crippen LogP contribution in [0.5, 0.6) is 5.75 Å². The normalized spacial score (nSPS) is 11.2. The van der Waals surface area contributed by atoms with Gasteiger partial charge in [-0.3, -0.25) is 14.9 Å². The lowest BCUT2D eigenvalue weighted by molar-refractivity contribution is -0.385. The molecule has 4 aromatic carbocycles. The minimum absolute atomic E-state index is 0.122. The Morgan fingerprint density at radius 2 is 1.74 bits per heavy atom. The molecule has 5 aromatic rings. The Morgan fingerprint density at radius 3 is 2.50 bits per heavy atom. The molecular weight excluding hydrogens is 616 g/mol. The van der Waals surface area contributed by atoms with E-state index in [9.17, 15) is 14.9 Å². The van der Waals surface area contributed by atoms with E-state index in [1.165, 1.54) is 23.0 Å². The zero-order valence-corrected chi connectivity index (χ0v) is 22.8. The number of halogens is 2. The molecule has 0 saturated heterocycles. The maximum Gasteiger partial charge on any atom is 0.311 e. The highest BCUT2D eigenvalue weighted by Gasteiger charge is 2.17. The van der Waals surface area contributed by atoms with Gasteiger partial charge in [0.25, 0.3) is 5.56 Å². The van der Waals surface area contributed by atoms with Gasteiger partial charge in [0.15, 0.2) is 11.6 Å². The number of nitro benzene ring substituents is 1. The number of para-hydroxylation sites is 1. The van der Waals surface area contributed by atoms with Gasteiger partial charge in [0.1, 0.15) is 6.61 Å². The van der Waals surface area contributed by atoms with Crippen LogP contribution in [0.1, 0.15) is 11.1 Å². The van der Waals surface area contributed by atoms with Crippen molar-refractivity contribution in [2.24, 2.45) is 5.10 Å². The van der Waals surface area contributed by atoms with Gasteiger partial charge in [-0.1, -0.05) is 80.4 Å². The molecule has 8 nitrogen and oxygen atoms in total. The Kier molecular flexibility index (Phi) is 7.43. The van der Waals surface area contributed by atoms with Gasteiger partial charge in [-0.15, -0.1) is 0 Å². The van der Waals surface area contributed by atoms with Gasteiger partial charge in [0, 0.05) is 31.7 Å². The third-order valence-corrected chi connectivity index (χ3v) is 6.92. The molecule has 10 heteroatoms. The zero-order chi connectivity index (χ0) is 26.6. The van der Waals surface area contributed by atoms with Crippen LogP contribution in [0.3, 0.4) is 0 Å². The monoisotopic (exact) mass is 632 g/mol. The largest absolute Gasteiger partial charge is 0.482 e. The molecule has 0 aliphatic rings. The van der Waals surface area contributed by atoms with Gasteiger partial charge in [0.05, 0.1) is 22.0 Å². The molecule has 1 aromatic heterocycles. The highest BCUT2D eigenvalue weighted by atomic mass is 79.9. The Bertz CT molecular complexity index is 1750. The smallest absolute Gasteiger partial charge is 0.311 e. The van der Waals surface area contributed by atoms with Crippen LogP contribution in [-0.4, -0.2) is 20.8 Å². The number of fused-ring (bicyclic) bond motifs is 1. The van der Waals surface area contributed by atoms with Crippen molar-refractivity contribution in [1.29, 1.82) is 0 Å². The molecule has 0 aliphatic carbocycles. The van der Waals surface area contributed by atoms with Crippen molar-refractivity contribution in [2.45, 2.75) is 6.61 Å². The fourth-order valence-corrected chi connectivity index (χ4v) is 4.96. The summed E-state index contributed by atoms with van der Waals surface area (Å²) in [5, 5.41) is 16.6. The molecule has 0 atom stereocenters. The first-order chi connectivity index (χ1) is 18.4. The molecule has 0 unspecified atom stereocenters. The molecule has 0 N–H and O–H groups in total. The van der Waals surface area contributed by atoms with Crippen LogP contribution in [0, 0.1) is 10.1 Å². The number of nitrogens with zero attached hydrogens (tertiary/aromatic N) is 4. The number of ether oxygens (including phenoxy) is 1. The van der Waals surface area contributed by atoms with E-state index in [1.54, 1.807) is 24.3 Å². The standard InChI is InChI=1S/C28H18Br2N4O4/c29-21-12-11-20(23(30)15-21)17-38-26-13-10-18(14-25(26)34(36)37)16-31-33-27(19-6-2-1-3-7-19)32-24-9-5-4-8-22(24)28(33)35/h1-16H,17H2. The zero-order valence-electron chi connectivity index (χ0n) is 19.6. The van der Waals surface area contributed by atoms with E-state index < -0.39 is 4.92 Å². The van der Waals surface area contributed by atoms with Crippen LogP contribution in [0.25, 0.3) is 22.3 Å². The molecule has 0 radical (unpaired) electrons. The van der Waals surface area contributed by atoms with Crippen LogP contribution >= 0.6 is 31.9 Å². The van der Waals surface area contributed by atoms with E-state index in [2.05, 4.69) is 41.9 Å². The van der Waals surface area contributed by atoms with Gasteiger partial charge < -0.3 is 4.74 Å². The number of aromatic nitrogens is 2. The summed E-state index contributed by atoms with van der Waals surface area (Å²) in [4.78, 5) is 29.3. The lowest BCUT2D eigenvalue weighted by Crippen LogP contribution is -2.20. The van der Waals surface area contributed by atoms with Crippen molar-refractivity contribution in [3.8, 4) is 17.1 Å². The lowest BCUT2D eigenvalue weighted by atomic mass is 10.2. The molecule has 5 rings (SSSR count). The van der Waals surface area contributed by atoms with Crippen LogP contribution < -0.4 is 10.3 Å². The quantitative estimate of drug-likeness (QED) is 0.110. The van der Waals surface area contributed by atoms with Crippen molar-refractivity contribution in [3.05, 3.63) is 132 Å². The van der Waals surface area contributed by atoms with Crippen molar-refractivity contribution in [3.63, 3.8) is 0 Å². The Morgan fingerprint density at radius 1 is 0.974 bits per heavy atom. The molecule has 0 fully saturated rings. The summed E-state index contributed by atoms with van der Waals surface area (Å²) >= 11 is 6.87. The second-order valence-corrected chi connectivity index (χ2v) is 9.96. The average Bonchev–Trinajstić information content (AvgIpc) is 2.92. The summed E-state index contributed by atoms with van der Waals surface area (Å²) in [7, 11) is 0. The van der Waals surface area contributed by atoms with Crippen molar-refractivity contribution >= 4 is 54.7 Å². The summed E-state index contributed by atoms with van der Waals surface area (Å²) in [6.07, 6.45) is 1.40. The second kappa shape index (κ2) is 11.1. The fraction of sp³-hybridized carbons (Fsp3) is 0.0357. The topological polar surface area (TPSA) is 99.6 Å². The van der Waals surface area contributed by atoms with Crippen molar-refractivity contribution < 1.29 is 9.66 Å². The molecule has 0 amide bonds. The summed E-state index contributed by atoms with van der Waals surface area (Å²) in [5.41, 5.74) is 1.96. The number of benzene rings is 4. The van der Waals surface area contributed by atoms with Gasteiger partial charge in [-0.25, -0.2) is 4.98 Å². The molecule has 188 valence electrons. The molecular formula is C28H18Br2N4O4. The van der Waals surface area contributed by atoms with E-state index in [-0.39, 0.29) is 23.6 Å². The highest BCUT2D eigenvalue weighted by molar-refractivity contribution is 9.11. The summed E-state index contributed by atoms with van der Waals surface area (Å²) in [6.45, 7) is 0.140. The molecule has 0 spiro atoms. The van der Waals surface area contributed by atoms with Crippen LogP contribution in [0.15, 0.2) is 110 Å². The number of hydrogen-bond acceptors (Lipinski definition) is 6.